The molecule has 0 heterocycles. The summed E-state index contributed by atoms with van der Waals surface area (Å²) in [6.07, 6.45) is -0.958. The monoisotopic (exact) mass is 433 g/mol. The molecule has 134 valence electrons. The molecule has 2 unspecified atom stereocenters. The average molecular weight is 435 g/mol. The summed E-state index contributed by atoms with van der Waals surface area (Å²) in [5, 5.41) is 22.9. The van der Waals surface area contributed by atoms with E-state index in [4.69, 9.17) is 11.6 Å². The second-order valence-corrected chi connectivity index (χ2v) is 5.58. The Kier molecular flexibility index (Phi) is 15.9. The fourth-order valence-electron chi connectivity index (χ4n) is 2.24. The van der Waals surface area contributed by atoms with E-state index in [1.54, 1.807) is 6.07 Å². The third kappa shape index (κ3) is 8.74. The van der Waals surface area contributed by atoms with Crippen molar-refractivity contribution < 1.29 is 39.4 Å². The molecule has 0 amide bonds. The number of aliphatic hydroxyl groups excluding tert-OH is 2. The van der Waals surface area contributed by atoms with Gasteiger partial charge in [-0.05, 0) is 23.3 Å². The molecular weight excluding hydrogens is 416 g/mol. The Labute approximate surface area is 194 Å². The molecule has 0 spiro atoms. The number of nitrogens with one attached hydrogen (secondary N) is 1. The van der Waals surface area contributed by atoms with Crippen molar-refractivity contribution in [3.05, 3.63) is 70.5 Å². The second-order valence-electron chi connectivity index (χ2n) is 5.18. The van der Waals surface area contributed by atoms with Gasteiger partial charge in [-0.15, -0.1) is 0 Å². The first-order chi connectivity index (χ1) is 10.6. The molecule has 2 aromatic carbocycles. The first-order valence-corrected chi connectivity index (χ1v) is 7.48. The largest absolute Gasteiger partial charge is 2.00 e. The van der Waals surface area contributed by atoms with Crippen molar-refractivity contribution in [2.75, 3.05) is 13.2 Å². The van der Waals surface area contributed by atoms with Crippen molar-refractivity contribution in [3.63, 3.8) is 0 Å². The molecule has 2 atom stereocenters. The van der Waals surface area contributed by atoms with Gasteiger partial charge in [-0.25, -0.2) is 4.39 Å². The van der Waals surface area contributed by atoms with Crippen molar-refractivity contribution in [2.24, 2.45) is 5.92 Å². The molecule has 2 aromatic rings. The predicted octanol–water partition coefficient (Wildman–Crippen LogP) is -3.46. The Morgan fingerprint density at radius 1 is 1.08 bits per heavy atom. The van der Waals surface area contributed by atoms with E-state index in [2.05, 4.69) is 5.32 Å². The number of rotatable bonds is 7. The first kappa shape index (κ1) is 27.6. The topological polar surface area (TPSA) is 52.5 Å². The summed E-state index contributed by atoms with van der Waals surface area (Å²) in [6.45, 7) is 0.850. The van der Waals surface area contributed by atoms with Crippen LogP contribution in [0.3, 0.4) is 0 Å². The fourth-order valence-corrected chi connectivity index (χ4v) is 2.36. The molecule has 0 bridgehead atoms. The zero-order valence-electron chi connectivity index (χ0n) is 13.5. The quantitative estimate of drug-likeness (QED) is 0.397. The van der Waals surface area contributed by atoms with Crippen LogP contribution in [0.1, 0.15) is 17.2 Å². The number of halogens is 4. The zero-order valence-corrected chi connectivity index (χ0v) is 18.0. The van der Waals surface area contributed by atoms with Gasteiger partial charge in [-0.1, -0.05) is 48.0 Å². The molecule has 3 N–H and O–H groups in total. The summed E-state index contributed by atoms with van der Waals surface area (Å²) in [6, 6.07) is 14.0. The normalized spacial score (nSPS) is 12.2. The molecule has 0 aromatic heterocycles. The molecule has 25 heavy (non-hydrogen) atoms. The molecule has 2 rings (SSSR count). The van der Waals surface area contributed by atoms with Crippen molar-refractivity contribution in [1.29, 1.82) is 0 Å². The molecule has 3 nitrogen and oxygen atoms in total. The van der Waals surface area contributed by atoms with Crippen LogP contribution in [0.15, 0.2) is 48.5 Å². The van der Waals surface area contributed by atoms with Gasteiger partial charge < -0.3 is 40.3 Å². The Morgan fingerprint density at radius 2 is 1.72 bits per heavy atom. The van der Waals surface area contributed by atoms with Crippen LogP contribution in [0.2, 0.25) is 5.02 Å². The van der Waals surface area contributed by atoms with Gasteiger partial charge in [-0.3, -0.25) is 0 Å². The average Bonchev–Trinajstić information content (AvgIpc) is 2.54. The Morgan fingerprint density at radius 3 is 2.28 bits per heavy atom. The van der Waals surface area contributed by atoms with Gasteiger partial charge in [0.15, 0.2) is 0 Å². The van der Waals surface area contributed by atoms with Crippen molar-refractivity contribution in [2.45, 2.75) is 12.6 Å². The van der Waals surface area contributed by atoms with Crippen LogP contribution in [0.5, 0.6) is 0 Å². The maximum atomic E-state index is 13.5. The third-order valence-electron chi connectivity index (χ3n) is 3.54. The van der Waals surface area contributed by atoms with Crippen LogP contribution < -0.4 is 30.1 Å². The van der Waals surface area contributed by atoms with Crippen LogP contribution in [0.4, 0.5) is 4.39 Å². The standard InChI is InChI=1S/C17H19ClFNO2.Ca.2ClH/c18-15-7-6-13(8-16(15)19)17(22)14(11-21)10-20-9-12-4-2-1-3-5-12;;;/h1-8,14,17,20-22H,9-11H2;;2*1H/q;+2;;/p-2. The Bertz CT molecular complexity index is 608. The second kappa shape index (κ2) is 14.4. The summed E-state index contributed by atoms with van der Waals surface area (Å²) >= 11 is 5.63. The van der Waals surface area contributed by atoms with Crippen molar-refractivity contribution in [3.8, 4) is 0 Å². The number of hydrogen-bond acceptors (Lipinski definition) is 3. The maximum absolute atomic E-state index is 13.5. The van der Waals surface area contributed by atoms with E-state index in [0.29, 0.717) is 18.7 Å². The minimum absolute atomic E-state index is 0. The van der Waals surface area contributed by atoms with Gasteiger partial charge in [0.1, 0.15) is 5.82 Å². The van der Waals surface area contributed by atoms with E-state index in [0.717, 1.165) is 5.56 Å². The smallest absolute Gasteiger partial charge is 1.00 e. The summed E-state index contributed by atoms with van der Waals surface area (Å²) in [4.78, 5) is 0. The SMILES string of the molecule is OCC(CNCc1ccccc1)C(O)c1ccc(Cl)c(F)c1.[Ca+2].[Cl-].[Cl-]. The minimum atomic E-state index is -0.958. The van der Waals surface area contributed by atoms with Crippen LogP contribution in [0.25, 0.3) is 0 Å². The van der Waals surface area contributed by atoms with E-state index in [1.165, 1.54) is 12.1 Å². The maximum Gasteiger partial charge on any atom is 2.00 e. The van der Waals surface area contributed by atoms with E-state index in [-0.39, 0.29) is 74.2 Å². The molecule has 0 saturated heterocycles. The van der Waals surface area contributed by atoms with Gasteiger partial charge in [-0.2, -0.15) is 0 Å². The van der Waals surface area contributed by atoms with Gasteiger partial charge >= 0.3 is 37.7 Å². The van der Waals surface area contributed by atoms with Gasteiger partial charge in [0.05, 0.1) is 11.1 Å². The molecule has 8 heteroatoms. The molecule has 0 aliphatic carbocycles. The molecule has 0 saturated carbocycles. The Balaban J connectivity index is 0. The summed E-state index contributed by atoms with van der Waals surface area (Å²) in [7, 11) is 0. The molecule has 0 aliphatic heterocycles. The van der Waals surface area contributed by atoms with Crippen LogP contribution in [-0.2, 0) is 6.54 Å². The zero-order chi connectivity index (χ0) is 15.9. The summed E-state index contributed by atoms with van der Waals surface area (Å²) in [5.41, 5.74) is 1.52. The number of aliphatic hydroxyl groups is 2. The molecular formula is C17H19CaCl3FNO2. The van der Waals surface area contributed by atoms with Gasteiger partial charge in [0, 0.05) is 25.6 Å². The van der Waals surface area contributed by atoms with E-state index in [9.17, 15) is 14.6 Å². The van der Waals surface area contributed by atoms with Crippen molar-refractivity contribution in [1.82, 2.24) is 5.32 Å². The third-order valence-corrected chi connectivity index (χ3v) is 3.85. The van der Waals surface area contributed by atoms with E-state index in [1.807, 2.05) is 30.3 Å². The molecule has 0 aliphatic rings. The Hall–Kier alpha value is 0.380. The van der Waals surface area contributed by atoms with Crippen molar-refractivity contribution >= 4 is 49.3 Å². The molecule has 0 fully saturated rings. The first-order valence-electron chi connectivity index (χ1n) is 7.10. The minimum Gasteiger partial charge on any atom is -1.00 e. The van der Waals surface area contributed by atoms with Crippen LogP contribution in [-0.4, -0.2) is 61.1 Å². The van der Waals surface area contributed by atoms with Gasteiger partial charge in [0.25, 0.3) is 0 Å². The van der Waals surface area contributed by atoms with E-state index >= 15 is 0 Å². The summed E-state index contributed by atoms with van der Waals surface area (Å²) < 4.78 is 13.5. The molecule has 0 radical (unpaired) electrons. The van der Waals surface area contributed by atoms with E-state index < -0.39 is 17.8 Å². The van der Waals surface area contributed by atoms with Crippen LogP contribution in [0, 0.1) is 11.7 Å². The summed E-state index contributed by atoms with van der Waals surface area (Å²) in [5.74, 6) is -1.00. The predicted molar refractivity (Wildman–Crippen MR) is 90.8 cm³/mol. The number of hydrogen-bond donors (Lipinski definition) is 3. The van der Waals surface area contributed by atoms with Gasteiger partial charge in [0.2, 0.25) is 0 Å². The number of benzene rings is 2. The fraction of sp³-hybridized carbons (Fsp3) is 0.294. The van der Waals surface area contributed by atoms with Crippen LogP contribution >= 0.6 is 11.6 Å².